The number of hydrogen-bond acceptors (Lipinski definition) is 6. The van der Waals surface area contributed by atoms with E-state index in [1.807, 2.05) is 12.1 Å². The van der Waals surface area contributed by atoms with Crippen molar-refractivity contribution in [3.8, 4) is 11.5 Å². The minimum atomic E-state index is -3.63. The van der Waals surface area contributed by atoms with E-state index in [9.17, 15) is 13.2 Å². The molecule has 2 aromatic carbocycles. The summed E-state index contributed by atoms with van der Waals surface area (Å²) in [6.45, 7) is 0.994. The summed E-state index contributed by atoms with van der Waals surface area (Å²) < 4.78 is 38.6. The highest BCUT2D eigenvalue weighted by molar-refractivity contribution is 7.89. The molecule has 1 aliphatic rings. The molecule has 0 bridgehead atoms. The van der Waals surface area contributed by atoms with Crippen LogP contribution in [0, 0.1) is 0 Å². The molecule has 0 atom stereocenters. The normalized spacial score (nSPS) is 14.6. The van der Waals surface area contributed by atoms with E-state index in [-0.39, 0.29) is 17.1 Å². The summed E-state index contributed by atoms with van der Waals surface area (Å²) in [5.41, 5.74) is 0.871. The quantitative estimate of drug-likeness (QED) is 0.494. The maximum Gasteiger partial charge on any atom is 0.338 e. The lowest BCUT2D eigenvalue weighted by molar-refractivity contribution is 0.0470. The van der Waals surface area contributed by atoms with Crippen LogP contribution in [0.1, 0.15) is 35.2 Å². The van der Waals surface area contributed by atoms with Gasteiger partial charge in [0.25, 0.3) is 0 Å². The van der Waals surface area contributed by atoms with Crippen molar-refractivity contribution in [2.24, 2.45) is 0 Å². The molecule has 3 aromatic rings. The predicted octanol–water partition coefficient (Wildman–Crippen LogP) is 4.41. The highest BCUT2D eigenvalue weighted by Crippen LogP contribution is 2.26. The standard InChI is InChI=1S/C24H24N2O5S/c27-24(19-9-6-11-22(16-19)32(28,29)26-14-4-1-5-15-26)30-18-20-8-2-3-12-23(20)31-21-10-7-13-25-17-21/h2-3,6-13,16-17H,1,4-5,14-15,18H2. The van der Waals surface area contributed by atoms with Crippen molar-refractivity contribution in [3.05, 3.63) is 84.2 Å². The van der Waals surface area contributed by atoms with E-state index < -0.39 is 16.0 Å². The first-order chi connectivity index (χ1) is 15.5. The Labute approximate surface area is 187 Å². The van der Waals surface area contributed by atoms with Crippen LogP contribution in [-0.4, -0.2) is 36.8 Å². The van der Waals surface area contributed by atoms with Gasteiger partial charge < -0.3 is 9.47 Å². The van der Waals surface area contributed by atoms with E-state index in [0.29, 0.717) is 30.2 Å². The molecule has 4 rings (SSSR count). The number of aromatic nitrogens is 1. The summed E-state index contributed by atoms with van der Waals surface area (Å²) in [6, 6.07) is 16.8. The second-order valence-corrected chi connectivity index (χ2v) is 9.41. The Morgan fingerprint density at radius 1 is 0.969 bits per heavy atom. The van der Waals surface area contributed by atoms with Gasteiger partial charge >= 0.3 is 5.97 Å². The predicted molar refractivity (Wildman–Crippen MR) is 119 cm³/mol. The third-order valence-electron chi connectivity index (χ3n) is 5.22. The lowest BCUT2D eigenvalue weighted by Gasteiger charge is -2.25. The Morgan fingerprint density at radius 3 is 2.56 bits per heavy atom. The molecule has 0 unspecified atom stereocenters. The number of hydrogen-bond donors (Lipinski definition) is 0. The van der Waals surface area contributed by atoms with Gasteiger partial charge in [0.2, 0.25) is 10.0 Å². The Bertz CT molecular complexity index is 1180. The van der Waals surface area contributed by atoms with E-state index >= 15 is 0 Å². The zero-order chi connectivity index (χ0) is 22.4. The van der Waals surface area contributed by atoms with Crippen LogP contribution < -0.4 is 4.74 Å². The smallest absolute Gasteiger partial charge is 0.338 e. The summed E-state index contributed by atoms with van der Waals surface area (Å²) in [5, 5.41) is 0. The van der Waals surface area contributed by atoms with Gasteiger partial charge in [-0.15, -0.1) is 0 Å². The van der Waals surface area contributed by atoms with Gasteiger partial charge in [0, 0.05) is 24.8 Å². The van der Waals surface area contributed by atoms with E-state index in [1.54, 1.807) is 48.8 Å². The number of rotatable bonds is 7. The van der Waals surface area contributed by atoms with Crippen LogP contribution >= 0.6 is 0 Å². The molecule has 1 aliphatic heterocycles. The number of nitrogens with zero attached hydrogens (tertiary/aromatic N) is 2. The number of esters is 1. The minimum Gasteiger partial charge on any atom is -0.457 e. The molecule has 0 aliphatic carbocycles. The maximum absolute atomic E-state index is 12.9. The average molecular weight is 453 g/mol. The van der Waals surface area contributed by atoms with Gasteiger partial charge in [-0.25, -0.2) is 13.2 Å². The molecule has 0 N–H and O–H groups in total. The van der Waals surface area contributed by atoms with Gasteiger partial charge in [-0.2, -0.15) is 4.31 Å². The summed E-state index contributed by atoms with van der Waals surface area (Å²) >= 11 is 0. The van der Waals surface area contributed by atoms with Crippen LogP contribution in [0.25, 0.3) is 0 Å². The number of benzene rings is 2. The molecular formula is C24H24N2O5S. The molecule has 8 heteroatoms. The molecule has 1 aromatic heterocycles. The van der Waals surface area contributed by atoms with Crippen molar-refractivity contribution in [1.82, 2.24) is 9.29 Å². The minimum absolute atomic E-state index is 0.0155. The molecular weight excluding hydrogens is 428 g/mol. The van der Waals surface area contributed by atoms with Crippen molar-refractivity contribution >= 4 is 16.0 Å². The highest BCUT2D eigenvalue weighted by Gasteiger charge is 2.26. The molecule has 1 saturated heterocycles. The second kappa shape index (κ2) is 9.93. The SMILES string of the molecule is O=C(OCc1ccccc1Oc1cccnc1)c1cccc(S(=O)(=O)N2CCCCC2)c1. The number of piperidine rings is 1. The number of carbonyl (C=O) groups is 1. The number of carbonyl (C=O) groups excluding carboxylic acids is 1. The second-order valence-electron chi connectivity index (χ2n) is 7.47. The first-order valence-electron chi connectivity index (χ1n) is 10.5. The fourth-order valence-electron chi connectivity index (χ4n) is 3.52. The summed E-state index contributed by atoms with van der Waals surface area (Å²) in [5.74, 6) is 0.522. The first kappa shape index (κ1) is 22.0. The molecule has 166 valence electrons. The molecule has 7 nitrogen and oxygen atoms in total. The zero-order valence-electron chi connectivity index (χ0n) is 17.5. The molecule has 0 saturated carbocycles. The number of pyridine rings is 1. The van der Waals surface area contributed by atoms with E-state index in [0.717, 1.165) is 19.3 Å². The summed E-state index contributed by atoms with van der Waals surface area (Å²) in [4.78, 5) is 16.8. The zero-order valence-corrected chi connectivity index (χ0v) is 18.3. The van der Waals surface area contributed by atoms with Gasteiger partial charge in [-0.1, -0.05) is 30.7 Å². The van der Waals surface area contributed by atoms with Crippen molar-refractivity contribution in [2.75, 3.05) is 13.1 Å². The van der Waals surface area contributed by atoms with Crippen LogP contribution in [0.5, 0.6) is 11.5 Å². The van der Waals surface area contributed by atoms with Crippen LogP contribution in [-0.2, 0) is 21.4 Å². The van der Waals surface area contributed by atoms with Gasteiger partial charge in [0.05, 0.1) is 16.7 Å². The van der Waals surface area contributed by atoms with Gasteiger partial charge in [0.1, 0.15) is 18.1 Å². The average Bonchev–Trinajstić information content (AvgIpc) is 2.84. The summed E-state index contributed by atoms with van der Waals surface area (Å²) in [6.07, 6.45) is 5.98. The van der Waals surface area contributed by atoms with Crippen LogP contribution in [0.15, 0.2) is 78.0 Å². The fraction of sp³-hybridized carbons (Fsp3) is 0.250. The van der Waals surface area contributed by atoms with Crippen LogP contribution in [0.3, 0.4) is 0 Å². The van der Waals surface area contributed by atoms with Crippen molar-refractivity contribution in [2.45, 2.75) is 30.8 Å². The van der Waals surface area contributed by atoms with Gasteiger partial charge in [0.15, 0.2) is 0 Å². The first-order valence-corrected chi connectivity index (χ1v) is 11.9. The van der Waals surface area contributed by atoms with Crippen molar-refractivity contribution in [3.63, 3.8) is 0 Å². The van der Waals surface area contributed by atoms with Crippen molar-refractivity contribution in [1.29, 1.82) is 0 Å². The number of para-hydroxylation sites is 1. The maximum atomic E-state index is 12.9. The molecule has 0 spiro atoms. The molecule has 0 radical (unpaired) electrons. The Hall–Kier alpha value is -3.23. The number of ether oxygens (including phenoxy) is 2. The lowest BCUT2D eigenvalue weighted by atomic mass is 10.2. The molecule has 32 heavy (non-hydrogen) atoms. The third kappa shape index (κ3) is 5.15. The largest absolute Gasteiger partial charge is 0.457 e. The summed E-state index contributed by atoms with van der Waals surface area (Å²) in [7, 11) is -3.63. The molecule has 0 amide bonds. The monoisotopic (exact) mass is 452 g/mol. The van der Waals surface area contributed by atoms with E-state index in [1.165, 1.54) is 16.4 Å². The van der Waals surface area contributed by atoms with Crippen molar-refractivity contribution < 1.29 is 22.7 Å². The Balaban J connectivity index is 1.46. The van der Waals surface area contributed by atoms with E-state index in [4.69, 9.17) is 9.47 Å². The third-order valence-corrected chi connectivity index (χ3v) is 7.11. The van der Waals surface area contributed by atoms with E-state index in [2.05, 4.69) is 4.98 Å². The Kier molecular flexibility index (Phi) is 6.82. The highest BCUT2D eigenvalue weighted by atomic mass is 32.2. The molecule has 2 heterocycles. The fourth-order valence-corrected chi connectivity index (χ4v) is 5.09. The lowest BCUT2D eigenvalue weighted by Crippen LogP contribution is -2.35. The van der Waals surface area contributed by atoms with Crippen LogP contribution in [0.4, 0.5) is 0 Å². The van der Waals surface area contributed by atoms with Gasteiger partial charge in [-0.05, 0) is 49.2 Å². The van der Waals surface area contributed by atoms with Gasteiger partial charge in [-0.3, -0.25) is 4.98 Å². The Morgan fingerprint density at radius 2 is 1.78 bits per heavy atom. The van der Waals surface area contributed by atoms with Crippen LogP contribution in [0.2, 0.25) is 0 Å². The molecule has 1 fully saturated rings. The number of sulfonamides is 1. The topological polar surface area (TPSA) is 85.8 Å².